The summed E-state index contributed by atoms with van der Waals surface area (Å²) in [4.78, 5) is 6.82. The van der Waals surface area contributed by atoms with Crippen molar-refractivity contribution in [2.75, 3.05) is 24.6 Å². The van der Waals surface area contributed by atoms with Crippen LogP contribution in [0.15, 0.2) is 0 Å². The van der Waals surface area contributed by atoms with Crippen molar-refractivity contribution in [1.29, 1.82) is 0 Å². The molecule has 3 rings (SSSR count). The minimum absolute atomic E-state index is 0.213. The lowest BCUT2D eigenvalue weighted by molar-refractivity contribution is 0.123. The van der Waals surface area contributed by atoms with Crippen molar-refractivity contribution in [1.82, 2.24) is 15.2 Å². The molecule has 2 aliphatic rings. The zero-order chi connectivity index (χ0) is 13.4. The van der Waals surface area contributed by atoms with Crippen LogP contribution >= 0.6 is 0 Å². The molecular weight excluding hydrogens is 242 g/mol. The Labute approximate surface area is 113 Å². The van der Waals surface area contributed by atoms with Crippen molar-refractivity contribution in [3.8, 4) is 0 Å². The number of ether oxygens (including phenoxy) is 1. The maximum absolute atomic E-state index is 6.13. The summed E-state index contributed by atoms with van der Waals surface area (Å²) in [5, 5.41) is 7.42. The van der Waals surface area contributed by atoms with E-state index in [-0.39, 0.29) is 6.04 Å². The Kier molecular flexibility index (Phi) is 3.45. The van der Waals surface area contributed by atoms with E-state index in [0.717, 1.165) is 44.3 Å². The first kappa shape index (κ1) is 12.9. The molecular formula is C13H23N5O. The largest absolute Gasteiger partial charge is 0.378 e. The van der Waals surface area contributed by atoms with Crippen LogP contribution in [0.5, 0.6) is 0 Å². The van der Waals surface area contributed by atoms with E-state index < -0.39 is 0 Å². The monoisotopic (exact) mass is 265 g/mol. The Morgan fingerprint density at radius 2 is 2.26 bits per heavy atom. The Balaban J connectivity index is 1.68. The van der Waals surface area contributed by atoms with Gasteiger partial charge >= 0.3 is 0 Å². The molecule has 6 nitrogen and oxygen atoms in total. The van der Waals surface area contributed by atoms with Crippen LogP contribution in [0, 0.1) is 5.92 Å². The number of aromatic nitrogens is 3. The number of nitrogens with two attached hydrogens (primary N) is 1. The number of anilines is 1. The predicted molar refractivity (Wildman–Crippen MR) is 73.1 cm³/mol. The maximum Gasteiger partial charge on any atom is 0.244 e. The van der Waals surface area contributed by atoms with Gasteiger partial charge in [-0.3, -0.25) is 5.10 Å². The fourth-order valence-corrected chi connectivity index (χ4v) is 2.88. The second kappa shape index (κ2) is 5.09. The molecule has 0 amide bonds. The molecule has 0 spiro atoms. The van der Waals surface area contributed by atoms with Gasteiger partial charge in [0.1, 0.15) is 5.82 Å². The van der Waals surface area contributed by atoms with E-state index >= 15 is 0 Å². The molecule has 0 bridgehead atoms. The van der Waals surface area contributed by atoms with Gasteiger partial charge < -0.3 is 15.4 Å². The fraction of sp³-hybridized carbons (Fsp3) is 0.846. The molecule has 4 atom stereocenters. The lowest BCUT2D eigenvalue weighted by Crippen LogP contribution is -2.48. The summed E-state index contributed by atoms with van der Waals surface area (Å²) in [5.41, 5.74) is 6.13. The quantitative estimate of drug-likeness (QED) is 0.829. The number of nitrogens with zero attached hydrogens (tertiary/aromatic N) is 3. The fourth-order valence-electron chi connectivity index (χ4n) is 2.88. The number of hydrogen-bond acceptors (Lipinski definition) is 5. The summed E-state index contributed by atoms with van der Waals surface area (Å²) >= 11 is 0. The molecule has 4 unspecified atom stereocenters. The minimum Gasteiger partial charge on any atom is -0.378 e. The Morgan fingerprint density at radius 3 is 2.95 bits per heavy atom. The molecule has 2 fully saturated rings. The number of nitrogens with one attached hydrogen (secondary N) is 1. The number of aromatic amines is 1. The van der Waals surface area contributed by atoms with Crippen LogP contribution in [0.1, 0.15) is 38.4 Å². The Bertz CT molecular complexity index is 434. The summed E-state index contributed by atoms with van der Waals surface area (Å²) in [6, 6.07) is 0.213. The highest BCUT2D eigenvalue weighted by atomic mass is 16.5. The summed E-state index contributed by atoms with van der Waals surface area (Å²) in [6.45, 7) is 6.89. The van der Waals surface area contributed by atoms with Crippen LogP contribution in [0.4, 0.5) is 5.95 Å². The molecule has 6 heteroatoms. The molecule has 1 aromatic heterocycles. The van der Waals surface area contributed by atoms with Gasteiger partial charge in [-0.15, -0.1) is 5.10 Å². The highest BCUT2D eigenvalue weighted by molar-refractivity contribution is 5.31. The zero-order valence-corrected chi connectivity index (χ0v) is 11.7. The zero-order valence-electron chi connectivity index (χ0n) is 11.7. The Morgan fingerprint density at radius 1 is 1.42 bits per heavy atom. The third kappa shape index (κ3) is 2.60. The van der Waals surface area contributed by atoms with Crippen LogP contribution in [-0.4, -0.2) is 47.0 Å². The van der Waals surface area contributed by atoms with Crippen LogP contribution in [0.3, 0.4) is 0 Å². The van der Waals surface area contributed by atoms with Crippen molar-refractivity contribution in [3.05, 3.63) is 5.82 Å². The van der Waals surface area contributed by atoms with Crippen LogP contribution in [0.2, 0.25) is 0 Å². The Hall–Kier alpha value is -1.14. The smallest absolute Gasteiger partial charge is 0.244 e. The van der Waals surface area contributed by atoms with Gasteiger partial charge in [0.05, 0.1) is 12.7 Å². The van der Waals surface area contributed by atoms with Crippen molar-refractivity contribution < 1.29 is 4.74 Å². The van der Waals surface area contributed by atoms with Crippen molar-refractivity contribution in [3.63, 3.8) is 0 Å². The van der Waals surface area contributed by atoms with Crippen molar-refractivity contribution in [2.45, 2.75) is 44.8 Å². The van der Waals surface area contributed by atoms with E-state index in [1.807, 2.05) is 0 Å². The molecule has 0 saturated carbocycles. The van der Waals surface area contributed by atoms with E-state index in [0.29, 0.717) is 17.9 Å². The molecule has 3 heterocycles. The molecule has 2 aliphatic heterocycles. The first-order valence-corrected chi connectivity index (χ1v) is 7.18. The predicted octanol–water partition coefficient (Wildman–Crippen LogP) is 0.871. The standard InChI is InChI=1S/C13H23N5O/c1-8-3-4-18(6-11(8)14)13-15-12(16-17-13)10-5-9(2)19-7-10/h8-11H,3-7,14H2,1-2H3,(H,15,16,17). The molecule has 0 aliphatic carbocycles. The number of piperidine rings is 1. The molecule has 106 valence electrons. The van der Waals surface area contributed by atoms with Gasteiger partial charge in [0, 0.05) is 25.0 Å². The summed E-state index contributed by atoms with van der Waals surface area (Å²) in [5.74, 6) is 2.68. The lowest BCUT2D eigenvalue weighted by atomic mass is 9.95. The van der Waals surface area contributed by atoms with E-state index in [9.17, 15) is 0 Å². The van der Waals surface area contributed by atoms with Gasteiger partial charge in [0.25, 0.3) is 0 Å². The number of rotatable bonds is 2. The van der Waals surface area contributed by atoms with Gasteiger partial charge in [-0.25, -0.2) is 0 Å². The highest BCUT2D eigenvalue weighted by Crippen LogP contribution is 2.28. The number of H-pyrrole nitrogens is 1. The molecule has 3 N–H and O–H groups in total. The van der Waals surface area contributed by atoms with Gasteiger partial charge in [-0.1, -0.05) is 6.92 Å². The van der Waals surface area contributed by atoms with Crippen molar-refractivity contribution in [2.24, 2.45) is 11.7 Å². The van der Waals surface area contributed by atoms with Gasteiger partial charge in [0.15, 0.2) is 0 Å². The molecule has 2 saturated heterocycles. The molecule has 0 radical (unpaired) electrons. The topological polar surface area (TPSA) is 80.1 Å². The maximum atomic E-state index is 6.13. The van der Waals surface area contributed by atoms with E-state index in [1.54, 1.807) is 0 Å². The normalized spacial score (nSPS) is 35.8. The average Bonchev–Trinajstić information content (AvgIpc) is 3.01. The van der Waals surface area contributed by atoms with Gasteiger partial charge in [-0.2, -0.15) is 4.98 Å². The summed E-state index contributed by atoms with van der Waals surface area (Å²) in [7, 11) is 0. The lowest BCUT2D eigenvalue weighted by Gasteiger charge is -2.34. The van der Waals surface area contributed by atoms with Gasteiger partial charge in [0.2, 0.25) is 5.95 Å². The first-order chi connectivity index (χ1) is 9.13. The third-order valence-electron chi connectivity index (χ3n) is 4.38. The average molecular weight is 265 g/mol. The van der Waals surface area contributed by atoms with Crippen LogP contribution in [-0.2, 0) is 4.74 Å². The SMILES string of the molecule is CC1CC(c2nc(N3CCC(C)C(N)C3)n[nH]2)CO1. The van der Waals surface area contributed by atoms with E-state index in [2.05, 4.69) is 33.9 Å². The second-order valence-corrected chi connectivity index (χ2v) is 5.97. The second-order valence-electron chi connectivity index (χ2n) is 5.97. The molecule has 0 aromatic carbocycles. The third-order valence-corrected chi connectivity index (χ3v) is 4.38. The summed E-state index contributed by atoms with van der Waals surface area (Å²) < 4.78 is 5.58. The molecule has 1 aromatic rings. The first-order valence-electron chi connectivity index (χ1n) is 7.18. The number of hydrogen-bond donors (Lipinski definition) is 2. The molecule has 19 heavy (non-hydrogen) atoms. The van der Waals surface area contributed by atoms with Crippen molar-refractivity contribution >= 4 is 5.95 Å². The van der Waals surface area contributed by atoms with Crippen LogP contribution in [0.25, 0.3) is 0 Å². The minimum atomic E-state index is 0.213. The van der Waals surface area contributed by atoms with Gasteiger partial charge in [-0.05, 0) is 25.7 Å². The van der Waals surface area contributed by atoms with Crippen LogP contribution < -0.4 is 10.6 Å². The highest BCUT2D eigenvalue weighted by Gasteiger charge is 2.29. The van der Waals surface area contributed by atoms with E-state index in [4.69, 9.17) is 10.5 Å². The van der Waals surface area contributed by atoms with E-state index in [1.165, 1.54) is 0 Å². The summed E-state index contributed by atoms with van der Waals surface area (Å²) in [6.07, 6.45) is 2.45.